The topological polar surface area (TPSA) is 110 Å². The zero-order chi connectivity index (χ0) is 13.7. The molecule has 9 heteroatoms. The predicted molar refractivity (Wildman–Crippen MR) is 66.8 cm³/mol. The Morgan fingerprint density at radius 1 is 1.26 bits per heavy atom. The van der Waals surface area contributed by atoms with Gasteiger partial charge in [-0.3, -0.25) is 9.40 Å². The van der Waals surface area contributed by atoms with Crippen LogP contribution in [0.15, 0.2) is 36.0 Å². The van der Waals surface area contributed by atoms with E-state index in [4.69, 9.17) is 5.11 Å². The fourth-order valence-electron chi connectivity index (χ4n) is 1.40. The Morgan fingerprint density at radius 3 is 2.68 bits per heavy atom. The molecule has 0 atom stereocenters. The van der Waals surface area contributed by atoms with Gasteiger partial charge in [-0.15, -0.1) is 0 Å². The minimum atomic E-state index is -3.69. The average Bonchev–Trinajstić information content (AvgIpc) is 2.86. The van der Waals surface area contributed by atoms with Gasteiger partial charge in [-0.2, -0.15) is 5.10 Å². The van der Waals surface area contributed by atoms with Crippen LogP contribution in [-0.2, 0) is 16.6 Å². The highest BCUT2D eigenvalue weighted by molar-refractivity contribution is 7.92. The summed E-state index contributed by atoms with van der Waals surface area (Å²) in [5.41, 5.74) is 0.283. The zero-order valence-electron chi connectivity index (χ0n) is 9.97. The first-order valence-corrected chi connectivity index (χ1v) is 7.01. The van der Waals surface area contributed by atoms with E-state index in [1.165, 1.54) is 35.8 Å². The number of anilines is 1. The molecule has 2 rings (SSSR count). The lowest BCUT2D eigenvalue weighted by atomic mass is 10.5. The molecule has 0 bridgehead atoms. The molecule has 0 spiro atoms. The highest BCUT2D eigenvalue weighted by Crippen LogP contribution is 2.13. The summed E-state index contributed by atoms with van der Waals surface area (Å²) in [5, 5.41) is 12.6. The van der Waals surface area contributed by atoms with Crippen molar-refractivity contribution in [1.29, 1.82) is 0 Å². The molecule has 19 heavy (non-hydrogen) atoms. The molecule has 0 amide bonds. The molecule has 8 nitrogen and oxygen atoms in total. The normalized spacial score (nSPS) is 11.4. The van der Waals surface area contributed by atoms with Crippen molar-refractivity contribution >= 4 is 15.7 Å². The monoisotopic (exact) mass is 283 g/mol. The minimum Gasteiger partial charge on any atom is -0.396 e. The van der Waals surface area contributed by atoms with Gasteiger partial charge in [0.1, 0.15) is 11.2 Å². The Balaban J connectivity index is 2.13. The van der Waals surface area contributed by atoms with E-state index in [1.807, 2.05) is 0 Å². The molecular formula is C10H13N5O3S. The molecule has 0 aliphatic heterocycles. The molecule has 2 aromatic heterocycles. The van der Waals surface area contributed by atoms with Crippen LogP contribution in [0.3, 0.4) is 0 Å². The second-order valence-electron chi connectivity index (χ2n) is 3.75. The molecular weight excluding hydrogens is 270 g/mol. The maximum absolute atomic E-state index is 12.0. The van der Waals surface area contributed by atoms with E-state index in [0.717, 1.165) is 0 Å². The van der Waals surface area contributed by atoms with Crippen molar-refractivity contribution in [1.82, 2.24) is 19.7 Å². The van der Waals surface area contributed by atoms with Crippen LogP contribution in [0.5, 0.6) is 0 Å². The summed E-state index contributed by atoms with van der Waals surface area (Å²) in [6, 6.07) is 0. The zero-order valence-corrected chi connectivity index (χ0v) is 10.8. The summed E-state index contributed by atoms with van der Waals surface area (Å²) in [4.78, 5) is 7.49. The molecule has 0 aliphatic rings. The molecule has 2 heterocycles. The number of aliphatic hydroxyl groups is 1. The fourth-order valence-corrected chi connectivity index (χ4v) is 2.38. The number of aliphatic hydroxyl groups excluding tert-OH is 1. The number of aromatic nitrogens is 4. The van der Waals surface area contributed by atoms with Gasteiger partial charge >= 0.3 is 0 Å². The van der Waals surface area contributed by atoms with E-state index in [0.29, 0.717) is 13.0 Å². The number of aryl methyl sites for hydroxylation is 1. The van der Waals surface area contributed by atoms with Gasteiger partial charge in [-0.05, 0) is 6.42 Å². The van der Waals surface area contributed by atoms with Crippen LogP contribution in [0.4, 0.5) is 5.69 Å². The molecule has 2 N–H and O–H groups in total. The second kappa shape index (κ2) is 5.76. The van der Waals surface area contributed by atoms with E-state index >= 15 is 0 Å². The highest BCUT2D eigenvalue weighted by atomic mass is 32.2. The lowest BCUT2D eigenvalue weighted by Gasteiger charge is -2.04. The van der Waals surface area contributed by atoms with Gasteiger partial charge < -0.3 is 5.11 Å². The lowest BCUT2D eigenvalue weighted by Crippen LogP contribution is -2.12. The van der Waals surface area contributed by atoms with E-state index in [2.05, 4.69) is 19.8 Å². The number of sulfonamides is 1. The predicted octanol–water partition coefficient (Wildman–Crippen LogP) is -0.144. The van der Waals surface area contributed by atoms with Crippen LogP contribution in [0.2, 0.25) is 0 Å². The van der Waals surface area contributed by atoms with Crippen LogP contribution in [0, 0.1) is 0 Å². The van der Waals surface area contributed by atoms with Crippen LogP contribution < -0.4 is 4.72 Å². The summed E-state index contributed by atoms with van der Waals surface area (Å²) in [7, 11) is -3.69. The lowest BCUT2D eigenvalue weighted by molar-refractivity contribution is 0.277. The summed E-state index contributed by atoms with van der Waals surface area (Å²) >= 11 is 0. The Labute approximate surface area is 110 Å². The van der Waals surface area contributed by atoms with Crippen molar-refractivity contribution in [2.24, 2.45) is 0 Å². The average molecular weight is 283 g/mol. The number of nitrogens with zero attached hydrogens (tertiary/aromatic N) is 4. The van der Waals surface area contributed by atoms with Gasteiger partial charge in [0.15, 0.2) is 0 Å². The number of nitrogens with one attached hydrogen (secondary N) is 1. The maximum Gasteiger partial charge on any atom is 0.265 e. The van der Waals surface area contributed by atoms with Gasteiger partial charge in [0.05, 0.1) is 24.3 Å². The SMILES string of the molecule is O=S(=O)(Nc1cncnc1)c1cnn(CCCO)c1. The molecule has 0 saturated carbocycles. The van der Waals surface area contributed by atoms with Gasteiger partial charge in [0, 0.05) is 19.3 Å². The van der Waals surface area contributed by atoms with Gasteiger partial charge in [-0.25, -0.2) is 18.4 Å². The van der Waals surface area contributed by atoms with Crippen molar-refractivity contribution in [2.75, 3.05) is 11.3 Å². The van der Waals surface area contributed by atoms with Crippen molar-refractivity contribution in [2.45, 2.75) is 17.9 Å². The van der Waals surface area contributed by atoms with E-state index < -0.39 is 10.0 Å². The van der Waals surface area contributed by atoms with Gasteiger partial charge in [0.2, 0.25) is 0 Å². The van der Waals surface area contributed by atoms with Crippen molar-refractivity contribution in [3.05, 3.63) is 31.1 Å². The standard InChI is InChI=1S/C10H13N5O3S/c16-3-1-2-15-7-10(6-13-15)19(17,18)14-9-4-11-8-12-5-9/h4-8,14,16H,1-3H2. The van der Waals surface area contributed by atoms with Crippen molar-refractivity contribution in [3.8, 4) is 0 Å². The van der Waals surface area contributed by atoms with Gasteiger partial charge in [0.25, 0.3) is 10.0 Å². The van der Waals surface area contributed by atoms with Crippen LogP contribution in [0.25, 0.3) is 0 Å². The van der Waals surface area contributed by atoms with Crippen LogP contribution in [-0.4, -0.2) is 39.9 Å². The second-order valence-corrected chi connectivity index (χ2v) is 5.43. The summed E-state index contributed by atoms with van der Waals surface area (Å²) in [5.74, 6) is 0. The third-order valence-corrected chi connectivity index (χ3v) is 3.61. The van der Waals surface area contributed by atoms with Crippen LogP contribution >= 0.6 is 0 Å². The van der Waals surface area contributed by atoms with Crippen molar-refractivity contribution in [3.63, 3.8) is 0 Å². The smallest absolute Gasteiger partial charge is 0.265 e. The largest absolute Gasteiger partial charge is 0.396 e. The summed E-state index contributed by atoms with van der Waals surface area (Å²) < 4.78 is 27.9. The number of hydrogen-bond acceptors (Lipinski definition) is 6. The summed E-state index contributed by atoms with van der Waals surface area (Å²) in [6.07, 6.45) is 7.21. The Kier molecular flexibility index (Phi) is 4.07. The Morgan fingerprint density at radius 2 is 2.00 bits per heavy atom. The highest BCUT2D eigenvalue weighted by Gasteiger charge is 2.16. The van der Waals surface area contributed by atoms with E-state index in [1.54, 1.807) is 0 Å². The maximum atomic E-state index is 12.0. The van der Waals surface area contributed by atoms with Gasteiger partial charge in [-0.1, -0.05) is 0 Å². The summed E-state index contributed by atoms with van der Waals surface area (Å²) in [6.45, 7) is 0.488. The molecule has 2 aromatic rings. The third-order valence-electron chi connectivity index (χ3n) is 2.28. The quantitative estimate of drug-likeness (QED) is 0.763. The van der Waals surface area contributed by atoms with E-state index in [-0.39, 0.29) is 17.2 Å². The Bertz CT molecular complexity index is 626. The molecule has 0 radical (unpaired) electrons. The molecule has 102 valence electrons. The number of rotatable bonds is 6. The first-order valence-electron chi connectivity index (χ1n) is 5.53. The minimum absolute atomic E-state index is 0.0293. The molecule has 0 aliphatic carbocycles. The fraction of sp³-hybridized carbons (Fsp3) is 0.300. The van der Waals surface area contributed by atoms with Crippen molar-refractivity contribution < 1.29 is 13.5 Å². The first kappa shape index (κ1) is 13.4. The Hall–Kier alpha value is -2.00. The first-order chi connectivity index (χ1) is 9.12. The molecule has 0 fully saturated rings. The third kappa shape index (κ3) is 3.48. The van der Waals surface area contributed by atoms with E-state index in [9.17, 15) is 8.42 Å². The molecule has 0 saturated heterocycles. The van der Waals surface area contributed by atoms with Crippen LogP contribution in [0.1, 0.15) is 6.42 Å². The molecule has 0 aromatic carbocycles. The molecule has 0 unspecified atom stereocenters. The number of hydrogen-bond donors (Lipinski definition) is 2.